The number of fused-ring (bicyclic) bond motifs is 1. The molecular weight excluding hydrogens is 726 g/mol. The molecule has 2 fully saturated rings. The molecule has 2 aliphatic carbocycles. The maximum atomic E-state index is 14.4. The molecule has 0 saturated carbocycles. The van der Waals surface area contributed by atoms with E-state index >= 15 is 0 Å². The number of carbonyl (C=O) groups excluding carboxylic acids is 3. The zero-order valence-corrected chi connectivity index (χ0v) is 29.4. The highest BCUT2D eigenvalue weighted by molar-refractivity contribution is 5.96. The molecular formula is C41H36F6N4O4. The lowest BCUT2D eigenvalue weighted by atomic mass is 9.79. The van der Waals surface area contributed by atoms with Crippen LogP contribution in [0.5, 0.6) is 5.75 Å². The molecule has 0 aromatic heterocycles. The summed E-state index contributed by atoms with van der Waals surface area (Å²) in [5.74, 6) is -3.18. The van der Waals surface area contributed by atoms with E-state index in [1.54, 1.807) is 35.3 Å². The summed E-state index contributed by atoms with van der Waals surface area (Å²) >= 11 is 0. The van der Waals surface area contributed by atoms with Crippen molar-refractivity contribution in [2.45, 2.75) is 37.2 Å². The Bertz CT molecular complexity index is 2120. The van der Waals surface area contributed by atoms with E-state index < -0.39 is 52.7 Å². The fourth-order valence-electron chi connectivity index (χ4n) is 7.39. The van der Waals surface area contributed by atoms with Gasteiger partial charge in [-0.15, -0.1) is 0 Å². The van der Waals surface area contributed by atoms with Crippen molar-refractivity contribution in [1.29, 1.82) is 0 Å². The minimum absolute atomic E-state index is 0.0481. The van der Waals surface area contributed by atoms with Crippen LogP contribution in [-0.2, 0) is 26.7 Å². The molecule has 3 atom stereocenters. The summed E-state index contributed by atoms with van der Waals surface area (Å²) in [5.41, 5.74) is 4.56. The maximum Gasteiger partial charge on any atom is 0.420 e. The van der Waals surface area contributed by atoms with Crippen LogP contribution in [0, 0.1) is 11.8 Å². The largest absolute Gasteiger partial charge is 0.488 e. The summed E-state index contributed by atoms with van der Waals surface area (Å²) in [6, 6.07) is 7.92. The number of likely N-dealkylation sites (tertiary alicyclic amines) is 2. The van der Waals surface area contributed by atoms with Gasteiger partial charge in [0, 0.05) is 48.2 Å². The third-order valence-corrected chi connectivity index (χ3v) is 9.96. The number of hydrogen-bond acceptors (Lipinski definition) is 5. The molecule has 286 valence electrons. The standard InChI is InChI=1S/C41H36F6N4O4/c1-3-36(52)50-18-17-39(25-50,49-30-14-16-35(33(21-30)41(45,46)47)55-24-26-9-6-5-7-10-26)22-27-13-15-34-31(19-27)32(23-51(34)37(53)4-2)38(54)48-29-12-8-11-28(20-29)40(42,43)44/h3-6,8-9,11-16,20-21,31-32,49H,1-2,17-19,22-25H2,(H,48,54). The van der Waals surface area contributed by atoms with E-state index in [-0.39, 0.29) is 62.1 Å². The van der Waals surface area contributed by atoms with Gasteiger partial charge in [0.15, 0.2) is 0 Å². The molecule has 14 heteroatoms. The number of carbonyl (C=O) groups is 3. The Hall–Kier alpha value is -5.97. The van der Waals surface area contributed by atoms with Crippen molar-refractivity contribution in [2.75, 3.05) is 36.9 Å². The lowest BCUT2D eigenvalue weighted by Crippen LogP contribution is -2.43. The molecule has 4 aliphatic rings. The van der Waals surface area contributed by atoms with E-state index in [4.69, 9.17) is 4.74 Å². The van der Waals surface area contributed by atoms with Crippen molar-refractivity contribution in [3.05, 3.63) is 138 Å². The first-order valence-electron chi connectivity index (χ1n) is 17.3. The summed E-state index contributed by atoms with van der Waals surface area (Å²) < 4.78 is 88.8. The van der Waals surface area contributed by atoms with Gasteiger partial charge in [-0.1, -0.05) is 48.4 Å². The van der Waals surface area contributed by atoms with Crippen molar-refractivity contribution >= 4 is 29.1 Å². The number of allylic oxidation sites excluding steroid dienone is 5. The third kappa shape index (κ3) is 8.72. The van der Waals surface area contributed by atoms with Crippen molar-refractivity contribution in [2.24, 2.45) is 11.8 Å². The Labute approximate surface area is 313 Å². The number of rotatable bonds is 11. The first-order valence-corrected chi connectivity index (χ1v) is 17.3. The average molecular weight is 763 g/mol. The van der Waals surface area contributed by atoms with Gasteiger partial charge in [0.2, 0.25) is 17.7 Å². The number of ether oxygens (including phenoxy) is 1. The van der Waals surface area contributed by atoms with E-state index in [0.29, 0.717) is 17.7 Å². The molecule has 2 heterocycles. The predicted octanol–water partition coefficient (Wildman–Crippen LogP) is 7.98. The smallest absolute Gasteiger partial charge is 0.420 e. The van der Waals surface area contributed by atoms with E-state index in [2.05, 4.69) is 35.3 Å². The van der Waals surface area contributed by atoms with Gasteiger partial charge in [0.25, 0.3) is 0 Å². The van der Waals surface area contributed by atoms with E-state index in [1.165, 1.54) is 29.2 Å². The van der Waals surface area contributed by atoms with Crippen LogP contribution in [0.25, 0.3) is 0 Å². The fraction of sp³-hybridized carbons (Fsp3) is 0.293. The molecule has 55 heavy (non-hydrogen) atoms. The SMILES string of the molecule is C=CC(=O)N1CCC(CC2=CC=C3C(C2)C(C(=O)Nc2cccc(C(F)(F)F)c2)CN3C(=O)C=C)(Nc2ccc(OCC3=C=C=CC=C3)c(C(F)(F)F)c2)C1. The van der Waals surface area contributed by atoms with Crippen LogP contribution in [0.3, 0.4) is 0 Å². The maximum absolute atomic E-state index is 14.4. The van der Waals surface area contributed by atoms with E-state index in [9.17, 15) is 40.7 Å². The molecule has 2 aromatic carbocycles. The van der Waals surface area contributed by atoms with Crippen LogP contribution in [-0.4, -0.2) is 59.3 Å². The highest BCUT2D eigenvalue weighted by atomic mass is 19.4. The number of amides is 3. The molecule has 6 rings (SSSR count). The van der Waals surface area contributed by atoms with Gasteiger partial charge in [-0.2, -0.15) is 26.3 Å². The Balaban J connectivity index is 1.27. The van der Waals surface area contributed by atoms with Crippen LogP contribution in [0.15, 0.2) is 126 Å². The molecule has 0 radical (unpaired) electrons. The van der Waals surface area contributed by atoms with Crippen LogP contribution < -0.4 is 15.4 Å². The van der Waals surface area contributed by atoms with Crippen LogP contribution in [0.4, 0.5) is 37.7 Å². The summed E-state index contributed by atoms with van der Waals surface area (Å²) in [6.45, 7) is 7.33. The summed E-state index contributed by atoms with van der Waals surface area (Å²) in [5, 5.41) is 5.88. The van der Waals surface area contributed by atoms with Gasteiger partial charge < -0.3 is 25.2 Å². The molecule has 2 aromatic rings. The number of nitrogens with one attached hydrogen (secondary N) is 2. The van der Waals surface area contributed by atoms with Crippen LogP contribution in [0.2, 0.25) is 0 Å². The average Bonchev–Trinajstić information content (AvgIpc) is 3.75. The zero-order chi connectivity index (χ0) is 39.5. The van der Waals surface area contributed by atoms with Gasteiger partial charge in [-0.25, -0.2) is 0 Å². The number of halogens is 6. The second-order valence-corrected chi connectivity index (χ2v) is 13.7. The molecule has 3 amide bonds. The number of alkyl halides is 6. The lowest BCUT2D eigenvalue weighted by Gasteiger charge is -2.35. The molecule has 8 nitrogen and oxygen atoms in total. The Morgan fingerprint density at radius 2 is 1.76 bits per heavy atom. The van der Waals surface area contributed by atoms with Crippen molar-refractivity contribution < 1.29 is 45.5 Å². The number of anilines is 2. The molecule has 2 aliphatic heterocycles. The Morgan fingerprint density at radius 1 is 0.982 bits per heavy atom. The highest BCUT2D eigenvalue weighted by Gasteiger charge is 2.47. The monoisotopic (exact) mass is 762 g/mol. The number of benzene rings is 2. The van der Waals surface area contributed by atoms with Crippen LogP contribution in [0.1, 0.15) is 30.4 Å². The minimum Gasteiger partial charge on any atom is -0.488 e. The minimum atomic E-state index is -4.76. The van der Waals surface area contributed by atoms with Crippen LogP contribution >= 0.6 is 0 Å². The molecule has 2 saturated heterocycles. The second kappa shape index (κ2) is 15.4. The Morgan fingerprint density at radius 3 is 2.45 bits per heavy atom. The Kier molecular flexibility index (Phi) is 10.9. The molecule has 3 unspecified atom stereocenters. The fourth-order valence-corrected chi connectivity index (χ4v) is 7.39. The number of nitrogens with zero attached hydrogens (tertiary/aromatic N) is 2. The van der Waals surface area contributed by atoms with Gasteiger partial charge in [-0.3, -0.25) is 14.4 Å². The first-order chi connectivity index (χ1) is 26.1. The lowest BCUT2D eigenvalue weighted by molar-refractivity contribution is -0.139. The molecule has 0 bridgehead atoms. The van der Waals surface area contributed by atoms with E-state index in [1.807, 2.05) is 0 Å². The van der Waals surface area contributed by atoms with Crippen molar-refractivity contribution in [3.63, 3.8) is 0 Å². The summed E-state index contributed by atoms with van der Waals surface area (Å²) in [7, 11) is 0. The van der Waals surface area contributed by atoms with Crippen molar-refractivity contribution in [3.8, 4) is 5.75 Å². The van der Waals surface area contributed by atoms with Gasteiger partial charge in [0.1, 0.15) is 12.4 Å². The van der Waals surface area contributed by atoms with Gasteiger partial charge in [0.05, 0.1) is 22.6 Å². The summed E-state index contributed by atoms with van der Waals surface area (Å²) in [4.78, 5) is 42.2. The van der Waals surface area contributed by atoms with Gasteiger partial charge in [-0.05, 0) is 86.0 Å². The molecule has 2 N–H and O–H groups in total. The topological polar surface area (TPSA) is 91.0 Å². The molecule has 0 spiro atoms. The highest BCUT2D eigenvalue weighted by Crippen LogP contribution is 2.45. The number of hydrogen-bond donors (Lipinski definition) is 2. The first kappa shape index (κ1) is 38.7. The third-order valence-electron chi connectivity index (χ3n) is 9.96. The zero-order valence-electron chi connectivity index (χ0n) is 29.4. The van der Waals surface area contributed by atoms with Gasteiger partial charge >= 0.3 is 12.4 Å². The summed E-state index contributed by atoms with van der Waals surface area (Å²) in [6.07, 6.45) is 2.16. The quantitative estimate of drug-likeness (QED) is 0.138. The second-order valence-electron chi connectivity index (χ2n) is 13.7. The van der Waals surface area contributed by atoms with E-state index in [0.717, 1.165) is 35.9 Å². The predicted molar refractivity (Wildman–Crippen MR) is 193 cm³/mol. The van der Waals surface area contributed by atoms with Crippen molar-refractivity contribution in [1.82, 2.24) is 9.80 Å². The normalized spacial score (nSPS) is 21.7.